The SMILES string of the molecule is CC12CCCN1c1ccc(Cl)cc1C(=O)N2Nc1ccccc1. The summed E-state index contributed by atoms with van der Waals surface area (Å²) < 4.78 is 0. The van der Waals surface area contributed by atoms with Gasteiger partial charge in [-0.15, -0.1) is 0 Å². The van der Waals surface area contributed by atoms with Crippen molar-refractivity contribution < 1.29 is 4.79 Å². The fourth-order valence-electron chi connectivity index (χ4n) is 3.63. The summed E-state index contributed by atoms with van der Waals surface area (Å²) in [6.45, 7) is 3.05. The third-order valence-electron chi connectivity index (χ3n) is 4.79. The molecule has 5 heteroatoms. The molecule has 1 amide bonds. The van der Waals surface area contributed by atoms with E-state index < -0.39 is 0 Å². The standard InChI is InChI=1S/C18H18ClN3O/c1-18-10-5-11-21(18)16-9-8-13(19)12-15(16)17(23)22(18)20-14-6-3-2-4-7-14/h2-4,6-9,12,20H,5,10-11H2,1H3. The number of para-hydroxylation sites is 1. The second-order valence-corrected chi connectivity index (χ2v) is 6.69. The molecule has 4 rings (SSSR count). The van der Waals surface area contributed by atoms with E-state index in [1.807, 2.05) is 42.5 Å². The average molecular weight is 328 g/mol. The van der Waals surface area contributed by atoms with Crippen LogP contribution in [-0.4, -0.2) is 23.1 Å². The average Bonchev–Trinajstić information content (AvgIpc) is 2.95. The van der Waals surface area contributed by atoms with Gasteiger partial charge >= 0.3 is 0 Å². The predicted molar refractivity (Wildman–Crippen MR) is 92.7 cm³/mol. The zero-order chi connectivity index (χ0) is 16.0. The molecule has 0 saturated carbocycles. The number of benzene rings is 2. The van der Waals surface area contributed by atoms with Gasteiger partial charge in [0.2, 0.25) is 0 Å². The highest BCUT2D eigenvalue weighted by Crippen LogP contribution is 2.43. The number of anilines is 2. The molecule has 1 saturated heterocycles. The number of nitrogens with zero attached hydrogens (tertiary/aromatic N) is 2. The van der Waals surface area contributed by atoms with Crippen LogP contribution in [0.25, 0.3) is 0 Å². The lowest BCUT2D eigenvalue weighted by Gasteiger charge is -2.49. The van der Waals surface area contributed by atoms with E-state index in [0.29, 0.717) is 10.6 Å². The Labute approximate surface area is 140 Å². The lowest BCUT2D eigenvalue weighted by atomic mass is 10.0. The van der Waals surface area contributed by atoms with Gasteiger partial charge in [-0.2, -0.15) is 0 Å². The van der Waals surface area contributed by atoms with Crippen molar-refractivity contribution in [2.75, 3.05) is 16.9 Å². The molecule has 0 spiro atoms. The summed E-state index contributed by atoms with van der Waals surface area (Å²) >= 11 is 6.12. The minimum atomic E-state index is -0.367. The van der Waals surface area contributed by atoms with Crippen LogP contribution in [0.5, 0.6) is 0 Å². The number of nitrogens with one attached hydrogen (secondary N) is 1. The van der Waals surface area contributed by atoms with Gasteiger partial charge in [-0.05, 0) is 50.1 Å². The van der Waals surface area contributed by atoms with Crippen molar-refractivity contribution in [1.82, 2.24) is 5.01 Å². The van der Waals surface area contributed by atoms with Crippen LogP contribution >= 0.6 is 11.6 Å². The van der Waals surface area contributed by atoms with Crippen LogP contribution in [0.3, 0.4) is 0 Å². The molecule has 1 atom stereocenters. The molecule has 1 N–H and O–H groups in total. The number of rotatable bonds is 2. The van der Waals surface area contributed by atoms with Crippen molar-refractivity contribution in [2.24, 2.45) is 0 Å². The first-order valence-electron chi connectivity index (χ1n) is 7.83. The number of hydrogen-bond donors (Lipinski definition) is 1. The summed E-state index contributed by atoms with van der Waals surface area (Å²) in [4.78, 5) is 15.4. The minimum Gasteiger partial charge on any atom is -0.347 e. The Hall–Kier alpha value is -2.20. The Morgan fingerprint density at radius 1 is 1.17 bits per heavy atom. The van der Waals surface area contributed by atoms with E-state index in [2.05, 4.69) is 17.2 Å². The lowest BCUT2D eigenvalue weighted by Crippen LogP contribution is -2.63. The molecular weight excluding hydrogens is 310 g/mol. The second kappa shape index (κ2) is 5.17. The van der Waals surface area contributed by atoms with Gasteiger partial charge in [0, 0.05) is 11.6 Å². The molecule has 2 aliphatic rings. The topological polar surface area (TPSA) is 35.6 Å². The Morgan fingerprint density at radius 3 is 2.74 bits per heavy atom. The number of halogens is 1. The molecule has 1 fully saturated rings. The highest BCUT2D eigenvalue weighted by molar-refractivity contribution is 6.31. The highest BCUT2D eigenvalue weighted by atomic mass is 35.5. The summed E-state index contributed by atoms with van der Waals surface area (Å²) in [6.07, 6.45) is 1.99. The van der Waals surface area contributed by atoms with E-state index >= 15 is 0 Å². The summed E-state index contributed by atoms with van der Waals surface area (Å²) in [5.41, 5.74) is 5.47. The summed E-state index contributed by atoms with van der Waals surface area (Å²) in [7, 11) is 0. The second-order valence-electron chi connectivity index (χ2n) is 6.25. The molecular formula is C18H18ClN3O. The van der Waals surface area contributed by atoms with Crippen LogP contribution in [-0.2, 0) is 0 Å². The van der Waals surface area contributed by atoms with Crippen LogP contribution in [0, 0.1) is 0 Å². The molecule has 118 valence electrons. The number of hydrogen-bond acceptors (Lipinski definition) is 3. The van der Waals surface area contributed by atoms with Gasteiger partial charge in [0.05, 0.1) is 16.9 Å². The van der Waals surface area contributed by atoms with Crippen LogP contribution in [0.1, 0.15) is 30.1 Å². The van der Waals surface area contributed by atoms with Crippen LogP contribution in [0.15, 0.2) is 48.5 Å². The van der Waals surface area contributed by atoms with E-state index in [1.165, 1.54) is 0 Å². The summed E-state index contributed by atoms with van der Waals surface area (Å²) in [5.74, 6) is -0.0352. The zero-order valence-electron chi connectivity index (χ0n) is 12.9. The maximum absolute atomic E-state index is 13.1. The zero-order valence-corrected chi connectivity index (χ0v) is 13.7. The van der Waals surface area contributed by atoms with Crippen LogP contribution < -0.4 is 10.3 Å². The van der Waals surface area contributed by atoms with Crippen molar-refractivity contribution in [2.45, 2.75) is 25.4 Å². The van der Waals surface area contributed by atoms with Crippen LogP contribution in [0.2, 0.25) is 5.02 Å². The molecule has 0 aromatic heterocycles. The maximum atomic E-state index is 13.1. The number of amides is 1. The normalized spacial score (nSPS) is 22.8. The van der Waals surface area contributed by atoms with Crippen molar-refractivity contribution in [1.29, 1.82) is 0 Å². The van der Waals surface area contributed by atoms with E-state index in [1.54, 1.807) is 11.1 Å². The van der Waals surface area contributed by atoms with Gasteiger partial charge in [0.25, 0.3) is 5.91 Å². The van der Waals surface area contributed by atoms with E-state index in [4.69, 9.17) is 11.6 Å². The molecule has 0 radical (unpaired) electrons. The van der Waals surface area contributed by atoms with Crippen molar-refractivity contribution in [3.63, 3.8) is 0 Å². The first-order valence-corrected chi connectivity index (χ1v) is 8.21. The largest absolute Gasteiger partial charge is 0.347 e. The number of fused-ring (bicyclic) bond motifs is 3. The molecule has 2 aromatic rings. The monoisotopic (exact) mass is 327 g/mol. The van der Waals surface area contributed by atoms with Gasteiger partial charge in [0.15, 0.2) is 0 Å². The lowest BCUT2D eigenvalue weighted by molar-refractivity contribution is 0.0580. The fourth-order valence-corrected chi connectivity index (χ4v) is 3.80. The Kier molecular flexibility index (Phi) is 3.23. The minimum absolute atomic E-state index is 0.0352. The summed E-state index contributed by atoms with van der Waals surface area (Å²) in [6, 6.07) is 15.4. The molecule has 4 nitrogen and oxygen atoms in total. The van der Waals surface area contributed by atoms with E-state index in [-0.39, 0.29) is 11.6 Å². The Balaban J connectivity index is 1.81. The van der Waals surface area contributed by atoms with Crippen molar-refractivity contribution in [3.8, 4) is 0 Å². The van der Waals surface area contributed by atoms with Crippen molar-refractivity contribution in [3.05, 3.63) is 59.1 Å². The van der Waals surface area contributed by atoms with E-state index in [0.717, 1.165) is 30.8 Å². The molecule has 2 aliphatic heterocycles. The quantitative estimate of drug-likeness (QED) is 0.900. The number of carbonyl (C=O) groups is 1. The Morgan fingerprint density at radius 2 is 1.96 bits per heavy atom. The predicted octanol–water partition coefficient (Wildman–Crippen LogP) is 4.14. The third-order valence-corrected chi connectivity index (χ3v) is 5.03. The van der Waals surface area contributed by atoms with Crippen molar-refractivity contribution >= 4 is 28.9 Å². The van der Waals surface area contributed by atoms with Gasteiger partial charge in [-0.3, -0.25) is 10.2 Å². The maximum Gasteiger partial charge on any atom is 0.276 e. The molecule has 23 heavy (non-hydrogen) atoms. The first-order chi connectivity index (χ1) is 11.1. The van der Waals surface area contributed by atoms with Crippen LogP contribution in [0.4, 0.5) is 11.4 Å². The molecule has 2 aromatic carbocycles. The van der Waals surface area contributed by atoms with Gasteiger partial charge < -0.3 is 4.90 Å². The molecule has 0 bridgehead atoms. The molecule has 1 unspecified atom stereocenters. The van der Waals surface area contributed by atoms with Gasteiger partial charge in [-0.1, -0.05) is 29.8 Å². The Bertz CT molecular complexity index is 764. The fraction of sp³-hybridized carbons (Fsp3) is 0.278. The van der Waals surface area contributed by atoms with E-state index in [9.17, 15) is 4.79 Å². The number of hydrazine groups is 1. The third kappa shape index (κ3) is 2.17. The van der Waals surface area contributed by atoms with Gasteiger partial charge in [-0.25, -0.2) is 5.01 Å². The smallest absolute Gasteiger partial charge is 0.276 e. The number of carbonyl (C=O) groups excluding carboxylic acids is 1. The first kappa shape index (κ1) is 14.4. The molecule has 0 aliphatic carbocycles. The highest BCUT2D eigenvalue weighted by Gasteiger charge is 2.49. The van der Waals surface area contributed by atoms with Gasteiger partial charge in [0.1, 0.15) is 5.66 Å². The summed E-state index contributed by atoms with van der Waals surface area (Å²) in [5, 5.41) is 2.34. The molecule has 2 heterocycles.